The van der Waals surface area contributed by atoms with E-state index in [2.05, 4.69) is 10.3 Å². The van der Waals surface area contributed by atoms with Crippen LogP contribution in [-0.2, 0) is 14.4 Å². The molecular formula is C5H7NO4. The first-order valence-corrected chi connectivity index (χ1v) is 2.75. The van der Waals surface area contributed by atoms with Gasteiger partial charge in [-0.05, 0) is 6.92 Å². The van der Waals surface area contributed by atoms with Crippen molar-refractivity contribution in [3.63, 3.8) is 0 Å². The van der Waals surface area contributed by atoms with Crippen molar-refractivity contribution in [1.82, 2.24) is 5.48 Å². The molecule has 1 atom stereocenters. The molecule has 1 saturated heterocycles. The monoisotopic (exact) mass is 145 g/mol. The Labute approximate surface area is 56.9 Å². The summed E-state index contributed by atoms with van der Waals surface area (Å²) in [6.07, 6.45) is -0.123. The Morgan fingerprint density at radius 2 is 2.50 bits per heavy atom. The third-order valence-electron chi connectivity index (χ3n) is 1.36. The summed E-state index contributed by atoms with van der Waals surface area (Å²) >= 11 is 0. The van der Waals surface area contributed by atoms with Gasteiger partial charge in [-0.15, -0.1) is 5.48 Å². The van der Waals surface area contributed by atoms with E-state index in [1.54, 1.807) is 0 Å². The third kappa shape index (κ3) is 0.950. The van der Waals surface area contributed by atoms with Gasteiger partial charge in [-0.1, -0.05) is 0 Å². The summed E-state index contributed by atoms with van der Waals surface area (Å²) in [7, 11) is 0. The van der Waals surface area contributed by atoms with Gasteiger partial charge < -0.3 is 9.94 Å². The molecule has 5 heteroatoms. The fraction of sp³-hybridized carbons (Fsp3) is 0.600. The van der Waals surface area contributed by atoms with Crippen LogP contribution >= 0.6 is 0 Å². The number of hydrogen-bond donors (Lipinski definition) is 2. The molecule has 5 nitrogen and oxygen atoms in total. The van der Waals surface area contributed by atoms with Gasteiger partial charge in [-0.3, -0.25) is 9.59 Å². The average Bonchev–Trinajstić information content (AvgIpc) is 2.13. The minimum atomic E-state index is -1.24. The van der Waals surface area contributed by atoms with Crippen LogP contribution in [0.4, 0.5) is 0 Å². The third-order valence-corrected chi connectivity index (χ3v) is 1.36. The smallest absolute Gasteiger partial charge is 0.327 e. The molecule has 0 aromatic carbocycles. The number of carbonyl (C=O) groups excluding carboxylic acids is 1. The van der Waals surface area contributed by atoms with Crippen molar-refractivity contribution < 1.29 is 19.5 Å². The molecule has 0 aliphatic carbocycles. The molecule has 10 heavy (non-hydrogen) atoms. The molecule has 1 rings (SSSR count). The van der Waals surface area contributed by atoms with Crippen molar-refractivity contribution in [2.24, 2.45) is 0 Å². The lowest BCUT2D eigenvalue weighted by atomic mass is 10.0. The van der Waals surface area contributed by atoms with Crippen LogP contribution < -0.4 is 5.48 Å². The summed E-state index contributed by atoms with van der Waals surface area (Å²) in [6.45, 7) is 1.39. The zero-order valence-corrected chi connectivity index (χ0v) is 5.38. The second-order valence-corrected chi connectivity index (χ2v) is 2.39. The first-order valence-electron chi connectivity index (χ1n) is 2.75. The summed E-state index contributed by atoms with van der Waals surface area (Å²) in [6, 6.07) is 0. The molecule has 0 saturated carbocycles. The highest BCUT2D eigenvalue weighted by atomic mass is 16.7. The van der Waals surface area contributed by atoms with E-state index in [0.717, 1.165) is 0 Å². The van der Waals surface area contributed by atoms with Crippen LogP contribution in [-0.4, -0.2) is 22.6 Å². The van der Waals surface area contributed by atoms with Crippen molar-refractivity contribution in [3.05, 3.63) is 0 Å². The van der Waals surface area contributed by atoms with E-state index in [0.29, 0.717) is 0 Å². The summed E-state index contributed by atoms with van der Waals surface area (Å²) in [5, 5.41) is 8.50. The van der Waals surface area contributed by atoms with Crippen molar-refractivity contribution in [2.75, 3.05) is 0 Å². The van der Waals surface area contributed by atoms with Crippen LogP contribution in [0.15, 0.2) is 0 Å². The molecule has 1 aliphatic rings. The Balaban J connectivity index is 2.72. The average molecular weight is 145 g/mol. The van der Waals surface area contributed by atoms with E-state index in [4.69, 9.17) is 5.11 Å². The molecule has 0 spiro atoms. The number of aliphatic carboxylic acids is 1. The van der Waals surface area contributed by atoms with E-state index in [9.17, 15) is 9.59 Å². The summed E-state index contributed by atoms with van der Waals surface area (Å²) in [5.74, 6) is -1.62. The van der Waals surface area contributed by atoms with Gasteiger partial charge >= 0.3 is 11.9 Å². The lowest BCUT2D eigenvalue weighted by Gasteiger charge is -2.12. The first-order chi connectivity index (χ1) is 4.54. The summed E-state index contributed by atoms with van der Waals surface area (Å²) in [5.41, 5.74) is 0.894. The maximum absolute atomic E-state index is 10.4. The fourth-order valence-corrected chi connectivity index (χ4v) is 0.650. The fourth-order valence-electron chi connectivity index (χ4n) is 0.650. The van der Waals surface area contributed by atoms with E-state index < -0.39 is 17.5 Å². The van der Waals surface area contributed by atoms with Crippen LogP contribution in [0.3, 0.4) is 0 Å². The van der Waals surface area contributed by atoms with Crippen molar-refractivity contribution >= 4 is 11.9 Å². The van der Waals surface area contributed by atoms with Crippen molar-refractivity contribution in [2.45, 2.75) is 18.9 Å². The van der Waals surface area contributed by atoms with Gasteiger partial charge in [0.15, 0.2) is 5.54 Å². The Morgan fingerprint density at radius 3 is 2.70 bits per heavy atom. The Bertz CT molecular complexity index is 190. The second-order valence-electron chi connectivity index (χ2n) is 2.39. The predicted molar refractivity (Wildman–Crippen MR) is 29.9 cm³/mol. The van der Waals surface area contributed by atoms with E-state index in [-0.39, 0.29) is 6.42 Å². The molecule has 1 fully saturated rings. The van der Waals surface area contributed by atoms with Gasteiger partial charge in [-0.25, -0.2) is 0 Å². The number of carboxylic acids is 1. The van der Waals surface area contributed by atoms with Crippen LogP contribution in [0.5, 0.6) is 0 Å². The quantitative estimate of drug-likeness (QED) is 0.509. The molecule has 0 bridgehead atoms. The van der Waals surface area contributed by atoms with Crippen LogP contribution in [0, 0.1) is 0 Å². The number of carbonyl (C=O) groups is 2. The maximum atomic E-state index is 10.4. The highest BCUT2D eigenvalue weighted by molar-refractivity contribution is 5.87. The van der Waals surface area contributed by atoms with Gasteiger partial charge in [-0.2, -0.15) is 0 Å². The molecule has 0 radical (unpaired) electrons. The highest BCUT2D eigenvalue weighted by Crippen LogP contribution is 2.16. The standard InChI is InChI=1S/C5H7NO4/c1-5(4(8)9)2-3(7)10-6-5/h6H,2H2,1H3,(H,8,9). The van der Waals surface area contributed by atoms with Gasteiger partial charge in [0.05, 0.1) is 6.42 Å². The highest BCUT2D eigenvalue weighted by Gasteiger charge is 2.42. The molecule has 1 unspecified atom stereocenters. The number of rotatable bonds is 1. The summed E-state index contributed by atoms with van der Waals surface area (Å²) < 4.78 is 0. The Hall–Kier alpha value is -1.10. The van der Waals surface area contributed by atoms with E-state index in [1.165, 1.54) is 6.92 Å². The molecule has 1 heterocycles. The zero-order valence-electron chi connectivity index (χ0n) is 5.38. The number of hydroxylamine groups is 1. The van der Waals surface area contributed by atoms with Gasteiger partial charge in [0, 0.05) is 0 Å². The van der Waals surface area contributed by atoms with Gasteiger partial charge in [0.2, 0.25) is 0 Å². The maximum Gasteiger partial charge on any atom is 0.327 e. The van der Waals surface area contributed by atoms with E-state index >= 15 is 0 Å². The van der Waals surface area contributed by atoms with Gasteiger partial charge in [0.1, 0.15) is 0 Å². The second kappa shape index (κ2) is 1.95. The molecular weight excluding hydrogens is 138 g/mol. The number of carboxylic acid groups (broad SMARTS) is 1. The Kier molecular flexibility index (Phi) is 1.37. The molecule has 1 aliphatic heterocycles. The summed E-state index contributed by atoms with van der Waals surface area (Å²) in [4.78, 5) is 25.0. The van der Waals surface area contributed by atoms with Crippen LogP contribution in [0.2, 0.25) is 0 Å². The Morgan fingerprint density at radius 1 is 1.90 bits per heavy atom. The van der Waals surface area contributed by atoms with Gasteiger partial charge in [0.25, 0.3) is 0 Å². The molecule has 56 valence electrons. The predicted octanol–water partition coefficient (Wildman–Crippen LogP) is -0.719. The zero-order chi connectivity index (χ0) is 7.78. The number of hydrogen-bond acceptors (Lipinski definition) is 4. The van der Waals surface area contributed by atoms with Crippen LogP contribution in [0.25, 0.3) is 0 Å². The first kappa shape index (κ1) is 7.01. The SMILES string of the molecule is CC1(C(=O)O)CC(=O)ON1. The molecule has 0 aromatic heterocycles. The lowest BCUT2D eigenvalue weighted by Crippen LogP contribution is -2.43. The van der Waals surface area contributed by atoms with Crippen molar-refractivity contribution in [1.29, 1.82) is 0 Å². The molecule has 2 N–H and O–H groups in total. The lowest BCUT2D eigenvalue weighted by molar-refractivity contribution is -0.147. The van der Waals surface area contributed by atoms with Crippen molar-refractivity contribution in [3.8, 4) is 0 Å². The van der Waals surface area contributed by atoms with E-state index in [1.807, 2.05) is 0 Å². The minimum Gasteiger partial charge on any atom is -0.480 e. The largest absolute Gasteiger partial charge is 0.480 e. The van der Waals surface area contributed by atoms with Crippen LogP contribution in [0.1, 0.15) is 13.3 Å². The normalized spacial score (nSPS) is 31.9. The molecule has 0 amide bonds. The minimum absolute atomic E-state index is 0.123. The topological polar surface area (TPSA) is 75.6 Å². The number of nitrogens with one attached hydrogen (secondary N) is 1. The molecule has 0 aromatic rings.